The van der Waals surface area contributed by atoms with Crippen LogP contribution in [0.3, 0.4) is 0 Å². The molecule has 0 radical (unpaired) electrons. The molecule has 2 unspecified atom stereocenters. The number of amides is 2. The van der Waals surface area contributed by atoms with Gasteiger partial charge in [0.25, 0.3) is 0 Å². The lowest BCUT2D eigenvalue weighted by molar-refractivity contribution is -0.136. The molecular formula is C20H22N4O5S2. The summed E-state index contributed by atoms with van der Waals surface area (Å²) in [6, 6.07) is 3.67. The van der Waals surface area contributed by atoms with Gasteiger partial charge in [-0.2, -0.15) is 4.31 Å². The van der Waals surface area contributed by atoms with E-state index >= 15 is 0 Å². The first-order chi connectivity index (χ1) is 14.8. The van der Waals surface area contributed by atoms with E-state index in [1.54, 1.807) is 29.8 Å². The zero-order valence-corrected chi connectivity index (χ0v) is 18.3. The number of hydrogen-bond donors (Lipinski definition) is 1. The lowest BCUT2D eigenvalue weighted by atomic mass is 10.1. The number of aromatic nitrogens is 1. The molecule has 0 spiro atoms. The fourth-order valence-electron chi connectivity index (χ4n) is 4.31. The zero-order chi connectivity index (χ0) is 22.2. The second kappa shape index (κ2) is 8.48. The Morgan fingerprint density at radius 2 is 2.10 bits per heavy atom. The fraction of sp³-hybridized carbons (Fsp3) is 0.400. The van der Waals surface area contributed by atoms with Crippen LogP contribution in [0.5, 0.6) is 0 Å². The summed E-state index contributed by atoms with van der Waals surface area (Å²) in [6.07, 6.45) is 3.94. The van der Waals surface area contributed by atoms with Gasteiger partial charge in [-0.1, -0.05) is 6.07 Å². The summed E-state index contributed by atoms with van der Waals surface area (Å²) in [5, 5.41) is 1.75. The van der Waals surface area contributed by atoms with Crippen molar-refractivity contribution in [3.05, 3.63) is 52.0 Å². The average molecular weight is 463 g/mol. The Labute approximate surface area is 183 Å². The maximum Gasteiger partial charge on any atom is 0.249 e. The van der Waals surface area contributed by atoms with E-state index in [1.165, 1.54) is 26.7 Å². The molecule has 4 rings (SSSR count). The van der Waals surface area contributed by atoms with Gasteiger partial charge in [-0.25, -0.2) is 8.42 Å². The standard InChI is InChI=1S/C20H22N4O5S2/c21-20(27)14-6-9-30-17(14)3-4-18(26)23-8-5-15-19(23)16(25)11-24(15)31(28,29)12-13-2-1-7-22-10-13/h1-2,6-7,9-10,15,19H,3-5,8,11-12H2,(H2,21,27). The Hall–Kier alpha value is -2.63. The number of thiophene rings is 1. The van der Waals surface area contributed by atoms with Crippen molar-refractivity contribution in [2.24, 2.45) is 5.73 Å². The maximum absolute atomic E-state index is 12.9. The first kappa shape index (κ1) is 21.6. The molecule has 0 aliphatic carbocycles. The maximum atomic E-state index is 12.9. The topological polar surface area (TPSA) is 131 Å². The molecule has 0 bridgehead atoms. The van der Waals surface area contributed by atoms with Gasteiger partial charge in [-0.05, 0) is 35.9 Å². The summed E-state index contributed by atoms with van der Waals surface area (Å²) >= 11 is 1.36. The Morgan fingerprint density at radius 1 is 1.29 bits per heavy atom. The molecule has 0 saturated carbocycles. The number of rotatable bonds is 7. The molecule has 2 atom stereocenters. The normalized spacial score (nSPS) is 21.4. The van der Waals surface area contributed by atoms with E-state index in [1.807, 2.05) is 0 Å². The van der Waals surface area contributed by atoms with E-state index in [2.05, 4.69) is 4.98 Å². The number of aryl methyl sites for hydroxylation is 1. The fourth-order valence-corrected chi connectivity index (χ4v) is 6.91. The molecule has 31 heavy (non-hydrogen) atoms. The van der Waals surface area contributed by atoms with Gasteiger partial charge in [0.15, 0.2) is 5.78 Å². The number of fused-ring (bicyclic) bond motifs is 1. The highest BCUT2D eigenvalue weighted by Crippen LogP contribution is 2.33. The molecule has 2 fully saturated rings. The van der Waals surface area contributed by atoms with Crippen molar-refractivity contribution < 1.29 is 22.8 Å². The van der Waals surface area contributed by atoms with Crippen molar-refractivity contribution in [1.29, 1.82) is 0 Å². The SMILES string of the molecule is NC(=O)c1ccsc1CCC(=O)N1CCC2C1C(=O)CN2S(=O)(=O)Cc1cccnc1. The van der Waals surface area contributed by atoms with Crippen LogP contribution >= 0.6 is 11.3 Å². The van der Waals surface area contributed by atoms with E-state index in [-0.39, 0.29) is 30.4 Å². The number of ketones is 1. The van der Waals surface area contributed by atoms with Crippen molar-refractivity contribution in [1.82, 2.24) is 14.2 Å². The molecule has 2 N–H and O–H groups in total. The lowest BCUT2D eigenvalue weighted by Crippen LogP contribution is -2.43. The Balaban J connectivity index is 1.44. The quantitative estimate of drug-likeness (QED) is 0.640. The summed E-state index contributed by atoms with van der Waals surface area (Å²) < 4.78 is 27.1. The van der Waals surface area contributed by atoms with Crippen molar-refractivity contribution in [2.45, 2.75) is 37.1 Å². The minimum absolute atomic E-state index is 0.125. The third-order valence-electron chi connectivity index (χ3n) is 5.70. The third kappa shape index (κ3) is 4.25. The van der Waals surface area contributed by atoms with Crippen LogP contribution in [0.1, 0.15) is 33.6 Å². The van der Waals surface area contributed by atoms with Gasteiger partial charge >= 0.3 is 0 Å². The van der Waals surface area contributed by atoms with E-state index in [9.17, 15) is 22.8 Å². The van der Waals surface area contributed by atoms with Crippen LogP contribution in [0.2, 0.25) is 0 Å². The highest BCUT2D eigenvalue weighted by Gasteiger charge is 2.53. The van der Waals surface area contributed by atoms with Crippen molar-refractivity contribution in [2.75, 3.05) is 13.1 Å². The monoisotopic (exact) mass is 462 g/mol. The molecule has 0 aromatic carbocycles. The molecule has 9 nitrogen and oxygen atoms in total. The first-order valence-electron chi connectivity index (χ1n) is 9.84. The summed E-state index contributed by atoms with van der Waals surface area (Å²) in [4.78, 5) is 43.1. The number of sulfonamides is 1. The van der Waals surface area contributed by atoms with E-state index < -0.39 is 28.0 Å². The summed E-state index contributed by atoms with van der Waals surface area (Å²) in [7, 11) is -3.73. The smallest absolute Gasteiger partial charge is 0.249 e. The number of Topliss-reactive ketones (excluding diaryl/α,β-unsaturated/α-hetero) is 1. The second-order valence-corrected chi connectivity index (χ2v) is 10.6. The van der Waals surface area contributed by atoms with Gasteiger partial charge in [0.1, 0.15) is 6.04 Å². The van der Waals surface area contributed by atoms with Crippen LogP contribution in [0.4, 0.5) is 0 Å². The van der Waals surface area contributed by atoms with Gasteiger partial charge in [-0.15, -0.1) is 11.3 Å². The van der Waals surface area contributed by atoms with E-state index in [4.69, 9.17) is 5.73 Å². The average Bonchev–Trinajstić information content (AvgIpc) is 3.43. The Bertz CT molecular complexity index is 1120. The van der Waals surface area contributed by atoms with Crippen LogP contribution in [-0.4, -0.2) is 65.4 Å². The number of nitrogens with two attached hydrogens (primary N) is 1. The van der Waals surface area contributed by atoms with Crippen LogP contribution in [0.15, 0.2) is 36.0 Å². The van der Waals surface area contributed by atoms with Gasteiger partial charge in [0.05, 0.1) is 23.9 Å². The van der Waals surface area contributed by atoms with Gasteiger partial charge in [0, 0.05) is 30.2 Å². The third-order valence-corrected chi connectivity index (χ3v) is 8.50. The highest BCUT2D eigenvalue weighted by atomic mass is 32.2. The summed E-state index contributed by atoms with van der Waals surface area (Å²) in [6.45, 7) is 0.102. The van der Waals surface area contributed by atoms with Crippen molar-refractivity contribution >= 4 is 39.0 Å². The number of carbonyl (C=O) groups is 3. The van der Waals surface area contributed by atoms with E-state index in [0.717, 1.165) is 4.88 Å². The second-order valence-electron chi connectivity index (χ2n) is 7.64. The lowest BCUT2D eigenvalue weighted by Gasteiger charge is -2.24. The summed E-state index contributed by atoms with van der Waals surface area (Å²) in [5.41, 5.74) is 6.30. The van der Waals surface area contributed by atoms with Gasteiger partial charge in [-0.3, -0.25) is 19.4 Å². The molecule has 2 aromatic rings. The van der Waals surface area contributed by atoms with Crippen molar-refractivity contribution in [3.8, 4) is 0 Å². The number of likely N-dealkylation sites (tertiary alicyclic amines) is 1. The largest absolute Gasteiger partial charge is 0.366 e. The molecule has 11 heteroatoms. The number of carbonyl (C=O) groups excluding carboxylic acids is 3. The number of primary amides is 1. The van der Waals surface area contributed by atoms with Crippen LogP contribution in [-0.2, 0) is 31.8 Å². The molecule has 2 aliphatic rings. The molecule has 2 amide bonds. The first-order valence-corrected chi connectivity index (χ1v) is 12.3. The molecule has 4 heterocycles. The van der Waals surface area contributed by atoms with Gasteiger partial charge < -0.3 is 10.6 Å². The highest BCUT2D eigenvalue weighted by molar-refractivity contribution is 7.88. The van der Waals surface area contributed by atoms with Gasteiger partial charge in [0.2, 0.25) is 21.8 Å². The molecular weight excluding hydrogens is 440 g/mol. The van der Waals surface area contributed by atoms with E-state index in [0.29, 0.717) is 30.5 Å². The van der Waals surface area contributed by atoms with Crippen molar-refractivity contribution in [3.63, 3.8) is 0 Å². The predicted octanol–water partition coefficient (Wildman–Crippen LogP) is 0.559. The van der Waals surface area contributed by atoms with Crippen LogP contribution in [0, 0.1) is 0 Å². The molecule has 2 saturated heterocycles. The molecule has 164 valence electrons. The Morgan fingerprint density at radius 3 is 2.81 bits per heavy atom. The van der Waals surface area contributed by atoms with Crippen LogP contribution < -0.4 is 5.73 Å². The zero-order valence-electron chi connectivity index (χ0n) is 16.6. The molecule has 2 aliphatic heterocycles. The number of hydrogen-bond acceptors (Lipinski definition) is 7. The summed E-state index contributed by atoms with van der Waals surface area (Å²) in [5.74, 6) is -1.26. The number of pyridine rings is 1. The molecule has 2 aromatic heterocycles. The Kier molecular flexibility index (Phi) is 5.91. The predicted molar refractivity (Wildman–Crippen MR) is 114 cm³/mol. The minimum Gasteiger partial charge on any atom is -0.366 e. The number of nitrogens with zero attached hydrogens (tertiary/aromatic N) is 3. The minimum atomic E-state index is -3.73. The van der Waals surface area contributed by atoms with Crippen LogP contribution in [0.25, 0.3) is 0 Å².